The second-order valence-corrected chi connectivity index (χ2v) is 5.35. The van der Waals surface area contributed by atoms with Crippen LogP contribution in [0, 0.1) is 0 Å². The Morgan fingerprint density at radius 3 is 2.75 bits per heavy atom. The topological polar surface area (TPSA) is 19.4 Å². The number of piperazine rings is 1. The van der Waals surface area contributed by atoms with Gasteiger partial charge in [-0.3, -0.25) is 0 Å². The Hall–Kier alpha value is -0.610. The molecule has 1 aliphatic rings. The number of aromatic nitrogens is 1. The molecule has 0 aliphatic carbocycles. The maximum Gasteiger partial charge on any atom is 0.185 e. The third-order valence-electron chi connectivity index (χ3n) is 3.10. The standard InChI is InChI=1S/C12H21N3S/c1-3-4-5-11-10-16-12(13-11)15-8-6-14(2)7-9-15/h10H,3-9H2,1-2H3. The van der Waals surface area contributed by atoms with Crippen molar-refractivity contribution < 1.29 is 0 Å². The van der Waals surface area contributed by atoms with Gasteiger partial charge >= 0.3 is 0 Å². The Balaban J connectivity index is 1.91. The third-order valence-corrected chi connectivity index (χ3v) is 4.05. The fourth-order valence-electron chi connectivity index (χ4n) is 1.91. The normalized spacial score (nSPS) is 18.0. The van der Waals surface area contributed by atoms with Gasteiger partial charge in [-0.1, -0.05) is 13.3 Å². The van der Waals surface area contributed by atoms with Crippen LogP contribution in [-0.2, 0) is 6.42 Å². The molecule has 1 aliphatic heterocycles. The largest absolute Gasteiger partial charge is 0.346 e. The molecule has 0 radical (unpaired) electrons. The highest BCUT2D eigenvalue weighted by atomic mass is 32.1. The highest BCUT2D eigenvalue weighted by Crippen LogP contribution is 2.22. The van der Waals surface area contributed by atoms with E-state index in [0.717, 1.165) is 32.6 Å². The van der Waals surface area contributed by atoms with Crippen LogP contribution in [0.2, 0.25) is 0 Å². The Labute approximate surface area is 102 Å². The van der Waals surface area contributed by atoms with Crippen molar-refractivity contribution in [1.29, 1.82) is 0 Å². The van der Waals surface area contributed by atoms with Gasteiger partial charge in [0.1, 0.15) is 0 Å². The van der Waals surface area contributed by atoms with Gasteiger partial charge in [-0.05, 0) is 19.9 Å². The lowest BCUT2D eigenvalue weighted by Gasteiger charge is -2.32. The van der Waals surface area contributed by atoms with Crippen LogP contribution in [0.5, 0.6) is 0 Å². The van der Waals surface area contributed by atoms with Gasteiger partial charge in [0.15, 0.2) is 5.13 Å². The molecule has 0 amide bonds. The minimum atomic E-state index is 1.12. The monoisotopic (exact) mass is 239 g/mol. The zero-order chi connectivity index (χ0) is 11.4. The second-order valence-electron chi connectivity index (χ2n) is 4.52. The minimum absolute atomic E-state index is 1.12. The number of nitrogens with zero attached hydrogens (tertiary/aromatic N) is 3. The van der Waals surface area contributed by atoms with Crippen molar-refractivity contribution in [3.05, 3.63) is 11.1 Å². The Bertz CT molecular complexity index is 316. The van der Waals surface area contributed by atoms with E-state index in [9.17, 15) is 0 Å². The number of aryl methyl sites for hydroxylation is 1. The maximum atomic E-state index is 4.72. The van der Waals surface area contributed by atoms with Crippen molar-refractivity contribution in [2.45, 2.75) is 26.2 Å². The summed E-state index contributed by atoms with van der Waals surface area (Å²) >= 11 is 1.80. The van der Waals surface area contributed by atoms with E-state index in [0.29, 0.717) is 0 Å². The summed E-state index contributed by atoms with van der Waals surface area (Å²) in [6, 6.07) is 0. The van der Waals surface area contributed by atoms with E-state index in [-0.39, 0.29) is 0 Å². The molecule has 1 aromatic rings. The molecule has 90 valence electrons. The Morgan fingerprint density at radius 1 is 1.31 bits per heavy atom. The van der Waals surface area contributed by atoms with Gasteiger partial charge in [-0.15, -0.1) is 11.3 Å². The van der Waals surface area contributed by atoms with Crippen LogP contribution in [0.4, 0.5) is 5.13 Å². The van der Waals surface area contributed by atoms with Crippen LogP contribution in [0.1, 0.15) is 25.5 Å². The maximum absolute atomic E-state index is 4.72. The van der Waals surface area contributed by atoms with Crippen molar-refractivity contribution in [3.8, 4) is 0 Å². The number of likely N-dealkylation sites (N-methyl/N-ethyl adjacent to an activating group) is 1. The van der Waals surface area contributed by atoms with Crippen LogP contribution in [-0.4, -0.2) is 43.1 Å². The highest BCUT2D eigenvalue weighted by Gasteiger charge is 2.16. The van der Waals surface area contributed by atoms with E-state index in [4.69, 9.17) is 4.98 Å². The predicted octanol–water partition coefficient (Wildman–Crippen LogP) is 2.24. The van der Waals surface area contributed by atoms with Crippen LogP contribution in [0.3, 0.4) is 0 Å². The van der Waals surface area contributed by atoms with Crippen molar-refractivity contribution >= 4 is 16.5 Å². The summed E-state index contributed by atoms with van der Waals surface area (Å²) in [5.41, 5.74) is 1.28. The molecule has 0 saturated carbocycles. The summed E-state index contributed by atoms with van der Waals surface area (Å²) in [4.78, 5) is 9.52. The number of anilines is 1. The molecule has 1 saturated heterocycles. The SMILES string of the molecule is CCCCc1csc(N2CCN(C)CC2)n1. The molecule has 16 heavy (non-hydrogen) atoms. The first kappa shape index (κ1) is 11.9. The van der Waals surface area contributed by atoms with Gasteiger partial charge in [0.25, 0.3) is 0 Å². The molecule has 0 N–H and O–H groups in total. The first-order valence-corrected chi connectivity index (χ1v) is 7.05. The third kappa shape index (κ3) is 2.95. The first-order valence-electron chi connectivity index (χ1n) is 6.17. The molecule has 1 fully saturated rings. The molecule has 0 bridgehead atoms. The number of hydrogen-bond donors (Lipinski definition) is 0. The molecule has 0 spiro atoms. The molecule has 4 heteroatoms. The second kappa shape index (κ2) is 5.64. The summed E-state index contributed by atoms with van der Waals surface area (Å²) in [5, 5.41) is 3.45. The number of thiazole rings is 1. The van der Waals surface area contributed by atoms with Crippen molar-refractivity contribution in [1.82, 2.24) is 9.88 Å². The smallest absolute Gasteiger partial charge is 0.185 e. The van der Waals surface area contributed by atoms with Crippen molar-refractivity contribution in [2.75, 3.05) is 38.1 Å². The molecular formula is C12H21N3S. The minimum Gasteiger partial charge on any atom is -0.346 e. The summed E-state index contributed by atoms with van der Waals surface area (Å²) in [6.07, 6.45) is 3.65. The van der Waals surface area contributed by atoms with E-state index in [1.54, 1.807) is 11.3 Å². The van der Waals surface area contributed by atoms with Crippen LogP contribution < -0.4 is 4.90 Å². The number of rotatable bonds is 4. The van der Waals surface area contributed by atoms with Crippen molar-refractivity contribution in [3.63, 3.8) is 0 Å². The summed E-state index contributed by atoms with van der Waals surface area (Å²) in [5.74, 6) is 0. The van der Waals surface area contributed by atoms with Gasteiger partial charge in [0, 0.05) is 31.6 Å². The average Bonchev–Trinajstić information content (AvgIpc) is 2.76. The van der Waals surface area contributed by atoms with E-state index in [1.165, 1.54) is 23.7 Å². The molecule has 0 atom stereocenters. The van der Waals surface area contributed by atoms with Crippen LogP contribution in [0.15, 0.2) is 5.38 Å². The predicted molar refractivity (Wildman–Crippen MR) is 70.4 cm³/mol. The lowest BCUT2D eigenvalue weighted by Crippen LogP contribution is -2.44. The molecular weight excluding hydrogens is 218 g/mol. The Morgan fingerprint density at radius 2 is 2.06 bits per heavy atom. The van der Waals surface area contributed by atoms with Crippen LogP contribution in [0.25, 0.3) is 0 Å². The van der Waals surface area contributed by atoms with Crippen LogP contribution >= 0.6 is 11.3 Å². The molecule has 0 aromatic carbocycles. The molecule has 3 nitrogen and oxygen atoms in total. The lowest BCUT2D eigenvalue weighted by atomic mass is 10.2. The van der Waals surface area contributed by atoms with Gasteiger partial charge in [-0.25, -0.2) is 4.98 Å². The first-order chi connectivity index (χ1) is 7.79. The van der Waals surface area contributed by atoms with Gasteiger partial charge < -0.3 is 9.80 Å². The number of unbranched alkanes of at least 4 members (excludes halogenated alkanes) is 1. The highest BCUT2D eigenvalue weighted by molar-refractivity contribution is 7.13. The average molecular weight is 239 g/mol. The van der Waals surface area contributed by atoms with Gasteiger partial charge in [0.05, 0.1) is 5.69 Å². The van der Waals surface area contributed by atoms with Crippen molar-refractivity contribution in [2.24, 2.45) is 0 Å². The Kier molecular flexibility index (Phi) is 4.18. The molecule has 2 heterocycles. The quantitative estimate of drug-likeness (QED) is 0.803. The molecule has 1 aromatic heterocycles. The van der Waals surface area contributed by atoms with E-state index in [1.807, 2.05) is 0 Å². The van der Waals surface area contributed by atoms with Gasteiger partial charge in [0.2, 0.25) is 0 Å². The fourth-order valence-corrected chi connectivity index (χ4v) is 2.83. The van der Waals surface area contributed by atoms with Gasteiger partial charge in [-0.2, -0.15) is 0 Å². The van der Waals surface area contributed by atoms with E-state index < -0.39 is 0 Å². The summed E-state index contributed by atoms with van der Waals surface area (Å²) < 4.78 is 0. The van der Waals surface area contributed by atoms with E-state index >= 15 is 0 Å². The molecule has 0 unspecified atom stereocenters. The zero-order valence-corrected chi connectivity index (χ0v) is 11.1. The number of hydrogen-bond acceptors (Lipinski definition) is 4. The summed E-state index contributed by atoms with van der Waals surface area (Å²) in [6.45, 7) is 6.79. The molecule has 2 rings (SSSR count). The fraction of sp³-hybridized carbons (Fsp3) is 0.750. The zero-order valence-electron chi connectivity index (χ0n) is 10.3. The lowest BCUT2D eigenvalue weighted by molar-refractivity contribution is 0.312. The summed E-state index contributed by atoms with van der Waals surface area (Å²) in [7, 11) is 2.19. The van der Waals surface area contributed by atoms with E-state index in [2.05, 4.69) is 29.2 Å².